The Kier molecular flexibility index (Phi) is 5.46. The molecule has 0 saturated carbocycles. The Labute approximate surface area is 104 Å². The van der Waals surface area contributed by atoms with Crippen LogP contribution in [0.3, 0.4) is 0 Å². The number of carbonyl (C=O) groups is 2. The van der Waals surface area contributed by atoms with Crippen LogP contribution in [0.2, 0.25) is 0 Å². The number of rotatable bonds is 6. The minimum Gasteiger partial charge on any atom is -0.464 e. The van der Waals surface area contributed by atoms with Gasteiger partial charge in [0, 0.05) is 13.3 Å². The fraction of sp³-hybridized carbons (Fsp3) is 0.273. The molecule has 0 unspecified atom stereocenters. The van der Waals surface area contributed by atoms with Crippen molar-refractivity contribution < 1.29 is 19.1 Å². The first-order valence-electron chi connectivity index (χ1n) is 5.03. The predicted molar refractivity (Wildman–Crippen MR) is 64.2 cm³/mol. The van der Waals surface area contributed by atoms with E-state index in [0.717, 1.165) is 0 Å². The summed E-state index contributed by atoms with van der Waals surface area (Å²) in [6.07, 6.45) is 3.09. The van der Waals surface area contributed by atoms with Crippen molar-refractivity contribution in [2.45, 2.75) is 0 Å². The summed E-state index contributed by atoms with van der Waals surface area (Å²) in [5, 5.41) is 3.71. The second kappa shape index (κ2) is 7.13. The van der Waals surface area contributed by atoms with Crippen LogP contribution in [0, 0.1) is 0 Å². The lowest BCUT2D eigenvalue weighted by Gasteiger charge is -2.04. The molecule has 0 fully saturated rings. The van der Waals surface area contributed by atoms with Crippen molar-refractivity contribution in [1.29, 1.82) is 0 Å². The van der Waals surface area contributed by atoms with E-state index in [1.165, 1.54) is 20.4 Å². The summed E-state index contributed by atoms with van der Waals surface area (Å²) >= 11 is 0. The quantitative estimate of drug-likeness (QED) is 0.337. The molecular formula is C11H13N3O4. The number of nitrogens with one attached hydrogen (secondary N) is 1. The summed E-state index contributed by atoms with van der Waals surface area (Å²) in [5.41, 5.74) is 2.73. The topological polar surface area (TPSA) is 89.9 Å². The molecule has 0 aromatic carbocycles. The lowest BCUT2D eigenvalue weighted by Crippen LogP contribution is -2.29. The fourth-order valence-corrected chi connectivity index (χ4v) is 1.07. The Morgan fingerprint density at radius 3 is 2.78 bits per heavy atom. The van der Waals surface area contributed by atoms with Gasteiger partial charge >= 0.3 is 5.97 Å². The van der Waals surface area contributed by atoms with E-state index in [2.05, 4.69) is 25.0 Å². The Morgan fingerprint density at radius 1 is 1.44 bits per heavy atom. The maximum absolute atomic E-state index is 11.6. The van der Waals surface area contributed by atoms with E-state index in [4.69, 9.17) is 0 Å². The van der Waals surface area contributed by atoms with Crippen molar-refractivity contribution in [3.05, 3.63) is 24.5 Å². The Bertz CT molecular complexity index is 445. The lowest BCUT2D eigenvalue weighted by atomic mass is 10.2. The van der Waals surface area contributed by atoms with Gasteiger partial charge in [-0.15, -0.1) is 0 Å². The van der Waals surface area contributed by atoms with Gasteiger partial charge in [0.2, 0.25) is 11.5 Å². The Morgan fingerprint density at radius 2 is 2.22 bits per heavy atom. The number of ether oxygens (including phenoxy) is 2. The van der Waals surface area contributed by atoms with E-state index in [9.17, 15) is 9.59 Å². The second-order valence-electron chi connectivity index (χ2n) is 3.16. The van der Waals surface area contributed by atoms with Crippen molar-refractivity contribution in [1.82, 2.24) is 4.98 Å². The number of aromatic nitrogens is 1. The Hall–Kier alpha value is -2.28. The van der Waals surface area contributed by atoms with Crippen LogP contribution in [-0.2, 0) is 19.1 Å². The van der Waals surface area contributed by atoms with Crippen molar-refractivity contribution in [2.24, 2.45) is 5.10 Å². The highest BCUT2D eigenvalue weighted by Gasteiger charge is 2.21. The van der Waals surface area contributed by atoms with Gasteiger partial charge in [0.05, 0.1) is 19.0 Å². The molecule has 0 radical (unpaired) electrons. The van der Waals surface area contributed by atoms with Crippen LogP contribution in [-0.4, -0.2) is 43.3 Å². The minimum atomic E-state index is -0.826. The van der Waals surface area contributed by atoms with Gasteiger partial charge < -0.3 is 9.47 Å². The number of hydrazone groups is 1. The zero-order valence-corrected chi connectivity index (χ0v) is 10.0. The smallest absolute Gasteiger partial charge is 0.362 e. The zero-order chi connectivity index (χ0) is 13.4. The number of esters is 1. The molecule has 1 aromatic heterocycles. The maximum atomic E-state index is 11.6. The predicted octanol–water partition coefficient (Wildman–Crippen LogP) is 0.238. The van der Waals surface area contributed by atoms with E-state index in [1.54, 1.807) is 18.3 Å². The van der Waals surface area contributed by atoms with Gasteiger partial charge in [-0.3, -0.25) is 15.2 Å². The van der Waals surface area contributed by atoms with E-state index in [-0.39, 0.29) is 12.3 Å². The van der Waals surface area contributed by atoms with Gasteiger partial charge in [0.25, 0.3) is 0 Å². The van der Waals surface area contributed by atoms with Crippen LogP contribution in [0.5, 0.6) is 0 Å². The summed E-state index contributed by atoms with van der Waals surface area (Å²) in [4.78, 5) is 26.8. The van der Waals surface area contributed by atoms with E-state index in [1.807, 2.05) is 0 Å². The molecule has 1 rings (SSSR count). The largest absolute Gasteiger partial charge is 0.464 e. The average molecular weight is 251 g/mol. The maximum Gasteiger partial charge on any atom is 0.362 e. The first-order valence-corrected chi connectivity index (χ1v) is 5.03. The SMILES string of the molecule is COCC(=O)C(=NNc1cccnc1)C(=O)OC. The molecule has 1 N–H and O–H groups in total. The third kappa shape index (κ3) is 3.95. The van der Waals surface area contributed by atoms with Crippen molar-refractivity contribution in [3.8, 4) is 0 Å². The molecule has 1 heterocycles. The summed E-state index contributed by atoms with van der Waals surface area (Å²) in [6, 6.07) is 3.37. The molecule has 18 heavy (non-hydrogen) atoms. The average Bonchev–Trinajstić information content (AvgIpc) is 2.40. The highest BCUT2D eigenvalue weighted by Crippen LogP contribution is 2.02. The molecule has 7 nitrogen and oxygen atoms in total. The zero-order valence-electron chi connectivity index (χ0n) is 10.0. The summed E-state index contributed by atoms with van der Waals surface area (Å²) in [6.45, 7) is -0.247. The van der Waals surface area contributed by atoms with Crippen molar-refractivity contribution in [3.63, 3.8) is 0 Å². The van der Waals surface area contributed by atoms with Crippen LogP contribution >= 0.6 is 0 Å². The molecule has 1 aromatic rings. The third-order valence-corrected chi connectivity index (χ3v) is 1.88. The number of Topliss-reactive ketones (excluding diaryl/α,β-unsaturated/α-hetero) is 1. The molecule has 0 spiro atoms. The van der Waals surface area contributed by atoms with Gasteiger partial charge in [0.15, 0.2) is 0 Å². The number of ketones is 1. The monoisotopic (exact) mass is 251 g/mol. The molecule has 0 amide bonds. The third-order valence-electron chi connectivity index (χ3n) is 1.88. The molecule has 0 aliphatic heterocycles. The standard InChI is InChI=1S/C11H13N3O4/c1-17-7-9(15)10(11(16)18-2)14-13-8-4-3-5-12-6-8/h3-6,13H,7H2,1-2H3. The molecule has 0 bridgehead atoms. The first-order chi connectivity index (χ1) is 8.69. The number of methoxy groups -OCH3 is 2. The normalized spacial score (nSPS) is 10.9. The van der Waals surface area contributed by atoms with Crippen LogP contribution in [0.4, 0.5) is 5.69 Å². The molecule has 7 heteroatoms. The first kappa shape index (κ1) is 13.8. The van der Waals surface area contributed by atoms with E-state index in [0.29, 0.717) is 5.69 Å². The van der Waals surface area contributed by atoms with Crippen LogP contribution in [0.25, 0.3) is 0 Å². The Balaban J connectivity index is 2.83. The summed E-state index contributed by atoms with van der Waals surface area (Å²) < 4.78 is 9.12. The number of anilines is 1. The lowest BCUT2D eigenvalue weighted by molar-refractivity contribution is -0.133. The molecule has 0 aliphatic rings. The van der Waals surface area contributed by atoms with Crippen LogP contribution < -0.4 is 5.43 Å². The summed E-state index contributed by atoms with van der Waals surface area (Å²) in [7, 11) is 2.52. The second-order valence-corrected chi connectivity index (χ2v) is 3.16. The van der Waals surface area contributed by atoms with Gasteiger partial charge in [-0.05, 0) is 12.1 Å². The van der Waals surface area contributed by atoms with Gasteiger partial charge in [-0.2, -0.15) is 5.10 Å². The van der Waals surface area contributed by atoms with Crippen molar-refractivity contribution in [2.75, 3.05) is 26.3 Å². The molecule has 96 valence electrons. The molecular weight excluding hydrogens is 238 g/mol. The highest BCUT2D eigenvalue weighted by molar-refractivity contribution is 6.64. The fourth-order valence-electron chi connectivity index (χ4n) is 1.07. The number of pyridine rings is 1. The molecule has 0 saturated heterocycles. The van der Waals surface area contributed by atoms with Crippen LogP contribution in [0.1, 0.15) is 0 Å². The highest BCUT2D eigenvalue weighted by atomic mass is 16.5. The summed E-state index contributed by atoms with van der Waals surface area (Å²) in [5.74, 6) is -1.39. The molecule has 0 atom stereocenters. The number of hydrogen-bond acceptors (Lipinski definition) is 7. The minimum absolute atomic E-state index is 0.247. The van der Waals surface area contributed by atoms with Gasteiger partial charge in [-0.1, -0.05) is 0 Å². The molecule has 0 aliphatic carbocycles. The van der Waals surface area contributed by atoms with Gasteiger partial charge in [0.1, 0.15) is 6.61 Å². The van der Waals surface area contributed by atoms with E-state index < -0.39 is 11.8 Å². The van der Waals surface area contributed by atoms with Crippen molar-refractivity contribution >= 4 is 23.2 Å². The number of hydrogen-bond donors (Lipinski definition) is 1. The van der Waals surface area contributed by atoms with Gasteiger partial charge in [-0.25, -0.2) is 4.79 Å². The number of carbonyl (C=O) groups excluding carboxylic acids is 2. The number of nitrogens with zero attached hydrogens (tertiary/aromatic N) is 2. The van der Waals surface area contributed by atoms with E-state index >= 15 is 0 Å². The van der Waals surface area contributed by atoms with Crippen LogP contribution in [0.15, 0.2) is 29.6 Å².